The van der Waals surface area contributed by atoms with Crippen LogP contribution in [0.25, 0.3) is 0 Å². The molecule has 0 N–H and O–H groups in total. The van der Waals surface area contributed by atoms with Gasteiger partial charge in [-0.1, -0.05) is 56.8 Å². The number of esters is 1. The van der Waals surface area contributed by atoms with Gasteiger partial charge in [0.25, 0.3) is 0 Å². The van der Waals surface area contributed by atoms with E-state index in [0.717, 1.165) is 19.3 Å². The van der Waals surface area contributed by atoms with Gasteiger partial charge in [-0.25, -0.2) is 0 Å². The number of rotatable bonds is 16. The van der Waals surface area contributed by atoms with Crippen LogP contribution in [0.2, 0.25) is 0 Å². The lowest BCUT2D eigenvalue weighted by atomic mass is 10.1. The second-order valence-corrected chi connectivity index (χ2v) is 5.99. The van der Waals surface area contributed by atoms with E-state index in [9.17, 15) is 4.79 Å². The summed E-state index contributed by atoms with van der Waals surface area (Å²) in [5.41, 5.74) is 0. The quantitative estimate of drug-likeness (QED) is 0.188. The van der Waals surface area contributed by atoms with Crippen LogP contribution < -0.4 is 0 Å². The Kier molecular flexibility index (Phi) is 17.1. The zero-order valence-corrected chi connectivity index (χ0v) is 14.7. The zero-order chi connectivity index (χ0) is 16.3. The van der Waals surface area contributed by atoms with Crippen molar-refractivity contribution in [1.29, 1.82) is 0 Å². The number of ether oxygens (including phenoxy) is 1. The molecule has 0 rings (SSSR count). The topological polar surface area (TPSA) is 26.3 Å². The average Bonchev–Trinajstić information content (AvgIpc) is 2.54. The average molecular weight is 309 g/mol. The summed E-state index contributed by atoms with van der Waals surface area (Å²) in [4.78, 5) is 10.9. The molecule has 0 radical (unpaired) electrons. The third-order valence-electron chi connectivity index (χ3n) is 3.93. The van der Waals surface area contributed by atoms with Crippen LogP contribution in [0.5, 0.6) is 0 Å². The van der Waals surface area contributed by atoms with E-state index in [4.69, 9.17) is 0 Å². The Hall–Kier alpha value is -1.05. The maximum atomic E-state index is 10.9. The van der Waals surface area contributed by atoms with Gasteiger partial charge in [-0.2, -0.15) is 0 Å². The molecular formula is C20H36O2. The largest absolute Gasteiger partial charge is 0.469 e. The zero-order valence-electron chi connectivity index (χ0n) is 14.7. The maximum absolute atomic E-state index is 10.9. The van der Waals surface area contributed by atoms with E-state index in [1.807, 2.05) is 6.08 Å². The Morgan fingerprint density at radius 2 is 1.23 bits per heavy atom. The van der Waals surface area contributed by atoms with E-state index in [-0.39, 0.29) is 5.97 Å². The van der Waals surface area contributed by atoms with E-state index in [2.05, 4.69) is 23.5 Å². The van der Waals surface area contributed by atoms with Crippen LogP contribution in [0.3, 0.4) is 0 Å². The summed E-state index contributed by atoms with van der Waals surface area (Å²) in [6.45, 7) is 3.75. The highest BCUT2D eigenvalue weighted by Gasteiger charge is 1.98. The summed E-state index contributed by atoms with van der Waals surface area (Å²) in [7, 11) is 1.45. The molecule has 22 heavy (non-hydrogen) atoms. The maximum Gasteiger partial charge on any atom is 0.305 e. The summed E-state index contributed by atoms with van der Waals surface area (Å²) < 4.78 is 4.62. The molecule has 0 aromatic rings. The van der Waals surface area contributed by atoms with E-state index in [0.29, 0.717) is 6.42 Å². The van der Waals surface area contributed by atoms with Gasteiger partial charge in [0, 0.05) is 6.42 Å². The van der Waals surface area contributed by atoms with Gasteiger partial charge in [-0.05, 0) is 44.9 Å². The van der Waals surface area contributed by atoms with Crippen LogP contribution in [0.1, 0.15) is 89.9 Å². The Morgan fingerprint density at radius 1 is 0.773 bits per heavy atom. The molecule has 0 heterocycles. The number of unbranched alkanes of at least 4 members (excludes halogenated alkanes) is 11. The SMILES string of the molecule is C=CCCCCCCCCC/C=C\CCCCCC(=O)OC. The van der Waals surface area contributed by atoms with Gasteiger partial charge in [0.1, 0.15) is 0 Å². The van der Waals surface area contributed by atoms with Crippen molar-refractivity contribution in [3.63, 3.8) is 0 Å². The summed E-state index contributed by atoms with van der Waals surface area (Å²) >= 11 is 0. The van der Waals surface area contributed by atoms with Gasteiger partial charge in [-0.3, -0.25) is 4.79 Å². The molecule has 0 aliphatic carbocycles. The second-order valence-electron chi connectivity index (χ2n) is 5.99. The van der Waals surface area contributed by atoms with Crippen LogP contribution in [0.4, 0.5) is 0 Å². The van der Waals surface area contributed by atoms with E-state index >= 15 is 0 Å². The van der Waals surface area contributed by atoms with E-state index in [1.54, 1.807) is 0 Å². The van der Waals surface area contributed by atoms with Gasteiger partial charge in [0.2, 0.25) is 0 Å². The molecule has 0 aromatic carbocycles. The summed E-state index contributed by atoms with van der Waals surface area (Å²) in [5.74, 6) is -0.0868. The fourth-order valence-electron chi connectivity index (χ4n) is 2.48. The normalized spacial score (nSPS) is 11.0. The first-order chi connectivity index (χ1) is 10.8. The van der Waals surface area contributed by atoms with Crippen molar-refractivity contribution in [2.75, 3.05) is 7.11 Å². The van der Waals surface area contributed by atoms with Crippen LogP contribution in [-0.2, 0) is 9.53 Å². The molecule has 0 bridgehead atoms. The first kappa shape index (κ1) is 20.9. The van der Waals surface area contributed by atoms with Crippen LogP contribution in [0.15, 0.2) is 24.8 Å². The Balaban J connectivity index is 3.11. The Morgan fingerprint density at radius 3 is 1.73 bits per heavy atom. The second kappa shape index (κ2) is 18.0. The molecule has 0 aliphatic rings. The number of hydrogen-bond donors (Lipinski definition) is 0. The molecule has 0 aliphatic heterocycles. The summed E-state index contributed by atoms with van der Waals surface area (Å²) in [6, 6.07) is 0. The standard InChI is InChI=1S/C20H36O2/c1-3-4-5-6-7-8-9-10-11-12-13-14-15-16-17-18-19-20(21)22-2/h3,13-14H,1,4-12,15-19H2,2H3/b14-13-. The molecule has 0 amide bonds. The van der Waals surface area contributed by atoms with E-state index in [1.165, 1.54) is 71.3 Å². The highest BCUT2D eigenvalue weighted by molar-refractivity contribution is 5.68. The highest BCUT2D eigenvalue weighted by Crippen LogP contribution is 2.10. The number of allylic oxidation sites excluding steroid dienone is 3. The van der Waals surface area contributed by atoms with Crippen LogP contribution >= 0.6 is 0 Å². The minimum absolute atomic E-state index is 0.0868. The molecule has 0 atom stereocenters. The number of methoxy groups -OCH3 is 1. The number of carbonyl (C=O) groups excluding carboxylic acids is 1. The predicted molar refractivity (Wildman–Crippen MR) is 96.0 cm³/mol. The summed E-state index contributed by atoms with van der Waals surface area (Å²) in [6.07, 6.45) is 23.5. The van der Waals surface area contributed by atoms with Crippen molar-refractivity contribution in [2.45, 2.75) is 89.9 Å². The molecule has 0 saturated heterocycles. The first-order valence-electron chi connectivity index (χ1n) is 9.14. The number of carbonyl (C=O) groups is 1. The minimum atomic E-state index is -0.0868. The van der Waals surface area contributed by atoms with Crippen LogP contribution in [0, 0.1) is 0 Å². The third kappa shape index (κ3) is 17.0. The molecule has 0 aromatic heterocycles. The molecule has 0 fully saturated rings. The first-order valence-corrected chi connectivity index (χ1v) is 9.14. The summed E-state index contributed by atoms with van der Waals surface area (Å²) in [5, 5.41) is 0. The molecule has 0 saturated carbocycles. The van der Waals surface area contributed by atoms with Gasteiger partial charge in [-0.15, -0.1) is 6.58 Å². The lowest BCUT2D eigenvalue weighted by Crippen LogP contribution is -1.98. The predicted octanol–water partition coefficient (Wildman–Crippen LogP) is 6.36. The highest BCUT2D eigenvalue weighted by atomic mass is 16.5. The van der Waals surface area contributed by atoms with Gasteiger partial charge >= 0.3 is 5.97 Å². The minimum Gasteiger partial charge on any atom is -0.469 e. The molecule has 2 nitrogen and oxygen atoms in total. The van der Waals surface area contributed by atoms with Crippen LogP contribution in [-0.4, -0.2) is 13.1 Å². The molecule has 2 heteroatoms. The molecule has 0 unspecified atom stereocenters. The van der Waals surface area contributed by atoms with Crippen molar-refractivity contribution in [1.82, 2.24) is 0 Å². The molecule has 0 spiro atoms. The van der Waals surface area contributed by atoms with Crippen molar-refractivity contribution < 1.29 is 9.53 Å². The lowest BCUT2D eigenvalue weighted by Gasteiger charge is -2.00. The Labute approximate surface area is 138 Å². The third-order valence-corrected chi connectivity index (χ3v) is 3.93. The Bertz CT molecular complexity index is 281. The van der Waals surface area contributed by atoms with Gasteiger partial charge in [0.15, 0.2) is 0 Å². The van der Waals surface area contributed by atoms with Gasteiger partial charge < -0.3 is 4.74 Å². The van der Waals surface area contributed by atoms with E-state index < -0.39 is 0 Å². The van der Waals surface area contributed by atoms with Crippen molar-refractivity contribution in [3.05, 3.63) is 24.8 Å². The fourth-order valence-corrected chi connectivity index (χ4v) is 2.48. The van der Waals surface area contributed by atoms with Crippen molar-refractivity contribution in [3.8, 4) is 0 Å². The van der Waals surface area contributed by atoms with Crippen molar-refractivity contribution in [2.24, 2.45) is 0 Å². The van der Waals surface area contributed by atoms with Crippen molar-refractivity contribution >= 4 is 5.97 Å². The molecule has 128 valence electrons. The monoisotopic (exact) mass is 308 g/mol. The lowest BCUT2D eigenvalue weighted by molar-refractivity contribution is -0.140. The smallest absolute Gasteiger partial charge is 0.305 e. The fraction of sp³-hybridized carbons (Fsp3) is 0.750. The van der Waals surface area contributed by atoms with Gasteiger partial charge in [0.05, 0.1) is 7.11 Å². The molecular weight excluding hydrogens is 272 g/mol. The number of hydrogen-bond acceptors (Lipinski definition) is 2.